The van der Waals surface area contributed by atoms with Gasteiger partial charge in [0, 0.05) is 11.9 Å². The van der Waals surface area contributed by atoms with Gasteiger partial charge in [0.05, 0.1) is 12.7 Å². The van der Waals surface area contributed by atoms with Gasteiger partial charge in [-0.1, -0.05) is 18.7 Å². The average molecular weight is 232 g/mol. The van der Waals surface area contributed by atoms with Crippen LogP contribution < -0.4 is 4.72 Å². The summed E-state index contributed by atoms with van der Waals surface area (Å²) in [6.07, 6.45) is 1.36. The van der Waals surface area contributed by atoms with Crippen molar-refractivity contribution in [3.63, 3.8) is 0 Å². The molecular weight excluding hydrogens is 220 g/mol. The lowest BCUT2D eigenvalue weighted by Gasteiger charge is -1.95. The first-order valence-electron chi connectivity index (χ1n) is 4.29. The molecule has 0 bridgehead atoms. The molecule has 78 valence electrons. The zero-order valence-electron chi connectivity index (χ0n) is 8.07. The second-order valence-corrected chi connectivity index (χ2v) is 4.60. The van der Waals surface area contributed by atoms with Crippen LogP contribution in [-0.4, -0.2) is 22.7 Å². The normalized spacial score (nSPS) is 17.9. The van der Waals surface area contributed by atoms with Crippen molar-refractivity contribution >= 4 is 34.1 Å². The molecule has 0 saturated heterocycles. The number of hydrogen-bond donors (Lipinski definition) is 1. The van der Waals surface area contributed by atoms with E-state index in [4.69, 9.17) is 4.74 Å². The molecule has 0 spiro atoms. The molecule has 0 aromatic rings. The smallest absolute Gasteiger partial charge is 0.334 e. The summed E-state index contributed by atoms with van der Waals surface area (Å²) in [6.45, 7) is 4.21. The van der Waals surface area contributed by atoms with E-state index in [9.17, 15) is 4.79 Å². The Morgan fingerprint density at radius 2 is 2.50 bits per heavy atom. The van der Waals surface area contributed by atoms with Gasteiger partial charge in [-0.15, -0.1) is 0 Å². The summed E-state index contributed by atoms with van der Waals surface area (Å²) in [7, 11) is 0. The molecule has 1 rings (SSSR count). The molecule has 1 N–H and O–H groups in total. The number of hydrogen-bond acceptors (Lipinski definition) is 6. The van der Waals surface area contributed by atoms with Crippen LogP contribution in [-0.2, 0) is 9.53 Å². The third kappa shape index (κ3) is 3.63. The van der Waals surface area contributed by atoms with E-state index in [2.05, 4.69) is 16.6 Å². The van der Waals surface area contributed by atoms with E-state index in [0.29, 0.717) is 12.4 Å². The van der Waals surface area contributed by atoms with Gasteiger partial charge in [-0.05, 0) is 12.7 Å². The number of carbonyl (C=O) groups is 1. The zero-order valence-corrected chi connectivity index (χ0v) is 9.70. The molecule has 0 saturated carbocycles. The first kappa shape index (κ1) is 11.5. The minimum absolute atomic E-state index is 0.359. The Morgan fingerprint density at radius 3 is 3.14 bits per heavy atom. The molecule has 0 aromatic carbocycles. The van der Waals surface area contributed by atoms with Crippen molar-refractivity contribution in [3.05, 3.63) is 11.9 Å². The summed E-state index contributed by atoms with van der Waals surface area (Å²) in [5.74, 6) is 1.17. The summed E-state index contributed by atoms with van der Waals surface area (Å²) >= 11 is 3.06. The summed E-state index contributed by atoms with van der Waals surface area (Å²) in [4.78, 5) is 15.2. The molecule has 0 atom stereocenters. The Bertz CT molecular complexity index is 277. The van der Waals surface area contributed by atoms with Gasteiger partial charge in [-0.3, -0.25) is 0 Å². The fourth-order valence-electron chi connectivity index (χ4n) is 0.782. The fourth-order valence-corrected chi connectivity index (χ4v) is 2.35. The highest BCUT2D eigenvalue weighted by Crippen LogP contribution is 2.22. The zero-order chi connectivity index (χ0) is 10.4. The standard InChI is InChI=1S/C8H12N2O2S2/c1-3-12-7(11)5-6-9-8(13-4-2)14-10-6/h5,10H,3-4H2,1-2H3. The number of rotatable bonds is 3. The molecule has 6 heteroatoms. The van der Waals surface area contributed by atoms with E-state index < -0.39 is 0 Å². The largest absolute Gasteiger partial charge is 0.463 e. The van der Waals surface area contributed by atoms with Gasteiger partial charge >= 0.3 is 5.97 Å². The topological polar surface area (TPSA) is 50.7 Å². The first-order chi connectivity index (χ1) is 6.76. The highest BCUT2D eigenvalue weighted by Gasteiger charge is 2.12. The van der Waals surface area contributed by atoms with E-state index in [1.807, 2.05) is 0 Å². The third-order valence-corrected chi connectivity index (χ3v) is 3.07. The Morgan fingerprint density at radius 1 is 1.71 bits per heavy atom. The lowest BCUT2D eigenvalue weighted by molar-refractivity contribution is -0.137. The number of nitrogens with one attached hydrogen (secondary N) is 1. The highest BCUT2D eigenvalue weighted by molar-refractivity contribution is 8.38. The summed E-state index contributed by atoms with van der Waals surface area (Å²) in [5, 5.41) is 0. The lowest BCUT2D eigenvalue weighted by atomic mass is 10.5. The van der Waals surface area contributed by atoms with Crippen LogP contribution in [0.2, 0.25) is 0 Å². The van der Waals surface area contributed by atoms with Crippen LogP contribution in [0, 0.1) is 0 Å². The molecule has 0 amide bonds. The van der Waals surface area contributed by atoms with Gasteiger partial charge < -0.3 is 9.46 Å². The molecule has 0 fully saturated rings. The Balaban J connectivity index is 2.51. The summed E-state index contributed by atoms with van der Waals surface area (Å²) in [6, 6.07) is 0. The number of ether oxygens (including phenoxy) is 1. The molecular formula is C8H12N2O2S2. The van der Waals surface area contributed by atoms with Gasteiger partial charge in [-0.2, -0.15) is 0 Å². The number of aliphatic imine (C=N–C) groups is 1. The van der Waals surface area contributed by atoms with Crippen LogP contribution >= 0.6 is 23.7 Å². The van der Waals surface area contributed by atoms with Crippen molar-refractivity contribution in [2.24, 2.45) is 4.99 Å². The number of esters is 1. The maximum absolute atomic E-state index is 11.0. The minimum atomic E-state index is -0.359. The van der Waals surface area contributed by atoms with Crippen molar-refractivity contribution in [1.29, 1.82) is 0 Å². The van der Waals surface area contributed by atoms with Crippen molar-refractivity contribution < 1.29 is 9.53 Å². The second-order valence-electron chi connectivity index (χ2n) is 2.30. The van der Waals surface area contributed by atoms with Crippen molar-refractivity contribution in [1.82, 2.24) is 4.72 Å². The Hall–Kier alpha value is -0.620. The molecule has 14 heavy (non-hydrogen) atoms. The van der Waals surface area contributed by atoms with Gasteiger partial charge in [0.1, 0.15) is 5.82 Å². The fraction of sp³-hybridized carbons (Fsp3) is 0.500. The number of carbonyl (C=O) groups excluding carboxylic acids is 1. The number of nitrogens with zero attached hydrogens (tertiary/aromatic N) is 1. The molecule has 1 heterocycles. The summed E-state index contributed by atoms with van der Waals surface area (Å²) in [5.41, 5.74) is 0. The monoisotopic (exact) mass is 232 g/mol. The van der Waals surface area contributed by atoms with Gasteiger partial charge in [-0.25, -0.2) is 9.79 Å². The van der Waals surface area contributed by atoms with E-state index in [0.717, 1.165) is 10.1 Å². The molecule has 0 aromatic heterocycles. The van der Waals surface area contributed by atoms with Crippen LogP contribution in [0.4, 0.5) is 0 Å². The van der Waals surface area contributed by atoms with Crippen molar-refractivity contribution in [2.45, 2.75) is 13.8 Å². The molecule has 1 aliphatic rings. The molecule has 0 unspecified atom stereocenters. The molecule has 0 aliphatic carbocycles. The SMILES string of the molecule is CCOC(=O)C=C1N=C(SCC)SN1. The Kier molecular flexibility index (Phi) is 4.89. The Labute approximate surface area is 91.7 Å². The quantitative estimate of drug-likeness (QED) is 0.456. The predicted molar refractivity (Wildman–Crippen MR) is 61.0 cm³/mol. The van der Waals surface area contributed by atoms with E-state index in [1.54, 1.807) is 18.7 Å². The van der Waals surface area contributed by atoms with Gasteiger partial charge in [0.2, 0.25) is 0 Å². The minimum Gasteiger partial charge on any atom is -0.463 e. The maximum atomic E-state index is 11.0. The van der Waals surface area contributed by atoms with Crippen LogP contribution in [0.3, 0.4) is 0 Å². The van der Waals surface area contributed by atoms with E-state index in [-0.39, 0.29) is 5.97 Å². The predicted octanol–water partition coefficient (Wildman–Crippen LogP) is 1.75. The van der Waals surface area contributed by atoms with Crippen LogP contribution in [0.1, 0.15) is 13.8 Å². The lowest BCUT2D eigenvalue weighted by Crippen LogP contribution is -2.03. The van der Waals surface area contributed by atoms with Crippen molar-refractivity contribution in [3.8, 4) is 0 Å². The van der Waals surface area contributed by atoms with Gasteiger partial charge in [0.15, 0.2) is 4.38 Å². The molecule has 0 radical (unpaired) electrons. The first-order valence-corrected chi connectivity index (χ1v) is 6.09. The maximum Gasteiger partial charge on any atom is 0.334 e. The van der Waals surface area contributed by atoms with E-state index >= 15 is 0 Å². The van der Waals surface area contributed by atoms with Gasteiger partial charge in [0.25, 0.3) is 0 Å². The van der Waals surface area contributed by atoms with E-state index in [1.165, 1.54) is 18.0 Å². The van der Waals surface area contributed by atoms with Crippen molar-refractivity contribution in [2.75, 3.05) is 12.4 Å². The molecule has 1 aliphatic heterocycles. The number of thioether (sulfide) groups is 1. The second kappa shape index (κ2) is 5.98. The van der Waals surface area contributed by atoms with Crippen LogP contribution in [0.15, 0.2) is 16.9 Å². The average Bonchev–Trinajstić information content (AvgIpc) is 2.53. The van der Waals surface area contributed by atoms with Crippen LogP contribution in [0.5, 0.6) is 0 Å². The molecule has 4 nitrogen and oxygen atoms in total. The summed E-state index contributed by atoms with van der Waals surface area (Å²) < 4.78 is 8.62. The van der Waals surface area contributed by atoms with Crippen LogP contribution in [0.25, 0.3) is 0 Å². The third-order valence-electron chi connectivity index (χ3n) is 1.26. The highest BCUT2D eigenvalue weighted by atomic mass is 32.2.